The quantitative estimate of drug-likeness (QED) is 0.0378. The Bertz CT molecular complexity index is 619. The topological polar surface area (TPSA) is 126 Å². The summed E-state index contributed by atoms with van der Waals surface area (Å²) in [5.41, 5.74) is 8.15. The van der Waals surface area contributed by atoms with Crippen LogP contribution in [0.15, 0.2) is 23.5 Å². The molecule has 0 aromatic heterocycles. The van der Waals surface area contributed by atoms with E-state index in [-0.39, 0.29) is 5.76 Å². The van der Waals surface area contributed by atoms with E-state index in [1.54, 1.807) is 0 Å². The molecule has 7 nitrogen and oxygen atoms in total. The lowest BCUT2D eigenvalue weighted by atomic mass is 10.0. The Morgan fingerprint density at radius 2 is 1.39 bits per heavy atom. The zero-order chi connectivity index (χ0) is 26.9. The van der Waals surface area contributed by atoms with E-state index in [1.807, 2.05) is 0 Å². The number of carbonyl (C=O) groups is 2. The number of unbranched alkanes of at least 4 members (excludes halogenated alkanes) is 13. The average molecular weight is 512 g/mol. The van der Waals surface area contributed by atoms with Gasteiger partial charge in [-0.3, -0.25) is 9.63 Å². The fraction of sp³-hybridized carbons (Fsp3) is 0.793. The summed E-state index contributed by atoms with van der Waals surface area (Å²) in [5.74, 6) is -1.58. The Morgan fingerprint density at radius 3 is 1.94 bits per heavy atom. The van der Waals surface area contributed by atoms with Crippen molar-refractivity contribution >= 4 is 11.9 Å². The van der Waals surface area contributed by atoms with Crippen molar-refractivity contribution in [2.24, 2.45) is 5.73 Å². The van der Waals surface area contributed by atoms with Gasteiger partial charge in [0.05, 0.1) is 6.08 Å². The molecule has 1 unspecified atom stereocenters. The lowest BCUT2D eigenvalue weighted by Crippen LogP contribution is -2.84. The summed E-state index contributed by atoms with van der Waals surface area (Å²) in [6.45, 7) is 4.92. The van der Waals surface area contributed by atoms with Crippen LogP contribution in [-0.4, -0.2) is 34.7 Å². The number of nitrogens with two attached hydrogens (primary N) is 2. The largest absolute Gasteiger partial charge is 0.512 e. The molecule has 0 aliphatic heterocycles. The molecule has 0 saturated heterocycles. The minimum atomic E-state index is -1.00. The van der Waals surface area contributed by atoms with E-state index in [0.29, 0.717) is 38.6 Å². The molecule has 7 heteroatoms. The standard InChI is InChI=1S/C29H54N2O5/c1-3-4-5-6-7-8-9-10-11-12-13-14-15-19-25(2)20-18-21-26(32)24-28(33)36-31-23-17-16-22-27(30)29(34)35/h20,24,27,31-32H,3-19,21-23,30H2,1-2H3,(H,34,35)/p+1/b25-20+,26-24-. The van der Waals surface area contributed by atoms with Crippen LogP contribution in [0.3, 0.4) is 0 Å². The molecule has 6 N–H and O–H groups in total. The number of hydroxylamine groups is 1. The van der Waals surface area contributed by atoms with Crippen molar-refractivity contribution in [3.05, 3.63) is 23.5 Å². The van der Waals surface area contributed by atoms with Gasteiger partial charge in [0.25, 0.3) is 0 Å². The molecule has 0 heterocycles. The SMILES string of the molecule is CCCCCCCCCCCCCCC/C(C)=C/CC/C(O)=C/C(=O)O[NH2+]CCCCC(N)C(=O)O. The van der Waals surface area contributed by atoms with Gasteiger partial charge in [0, 0.05) is 12.8 Å². The Kier molecular flexibility index (Phi) is 23.5. The van der Waals surface area contributed by atoms with Gasteiger partial charge in [-0.15, -0.1) is 0 Å². The molecule has 0 saturated carbocycles. The van der Waals surface area contributed by atoms with Crippen LogP contribution in [0.25, 0.3) is 0 Å². The summed E-state index contributed by atoms with van der Waals surface area (Å²) in [4.78, 5) is 27.3. The highest BCUT2D eigenvalue weighted by Crippen LogP contribution is 2.15. The summed E-state index contributed by atoms with van der Waals surface area (Å²) in [6, 6.07) is -0.848. The number of aliphatic hydroxyl groups is 1. The number of hydrogen-bond acceptors (Lipinski definition) is 5. The van der Waals surface area contributed by atoms with Crippen LogP contribution in [0.4, 0.5) is 0 Å². The number of rotatable bonds is 25. The van der Waals surface area contributed by atoms with Crippen LogP contribution in [0, 0.1) is 0 Å². The van der Waals surface area contributed by atoms with Gasteiger partial charge >= 0.3 is 11.9 Å². The number of carbonyl (C=O) groups excluding carboxylic acids is 1. The Hall–Kier alpha value is -1.86. The fourth-order valence-corrected chi connectivity index (χ4v) is 4.09. The third kappa shape index (κ3) is 23.9. The predicted octanol–water partition coefficient (Wildman–Crippen LogP) is 6.24. The minimum absolute atomic E-state index is 0.0193. The second-order valence-corrected chi connectivity index (χ2v) is 10.1. The molecule has 0 radical (unpaired) electrons. The molecule has 0 spiro atoms. The molecule has 0 aliphatic carbocycles. The van der Waals surface area contributed by atoms with Crippen molar-refractivity contribution in [2.75, 3.05) is 6.54 Å². The summed E-state index contributed by atoms with van der Waals surface area (Å²) in [5, 5.41) is 18.6. The Balaban J connectivity index is 3.65. The number of allylic oxidation sites excluding steroid dienone is 3. The normalized spacial score (nSPS) is 13.1. The highest BCUT2D eigenvalue weighted by Gasteiger charge is 2.10. The van der Waals surface area contributed by atoms with Crippen LogP contribution >= 0.6 is 0 Å². The molecule has 210 valence electrons. The van der Waals surface area contributed by atoms with E-state index in [9.17, 15) is 14.7 Å². The first-order valence-corrected chi connectivity index (χ1v) is 14.4. The van der Waals surface area contributed by atoms with Gasteiger partial charge in [-0.05, 0) is 39.0 Å². The average Bonchev–Trinajstić information content (AvgIpc) is 2.83. The summed E-state index contributed by atoms with van der Waals surface area (Å²) in [7, 11) is 0. The molecule has 0 fully saturated rings. The van der Waals surface area contributed by atoms with Crippen molar-refractivity contribution in [1.82, 2.24) is 0 Å². The molecule has 0 amide bonds. The molecule has 0 aliphatic rings. The number of quaternary nitrogens is 1. The maximum absolute atomic E-state index is 11.7. The predicted molar refractivity (Wildman–Crippen MR) is 146 cm³/mol. The minimum Gasteiger partial charge on any atom is -0.512 e. The lowest BCUT2D eigenvalue weighted by molar-refractivity contribution is -0.871. The van der Waals surface area contributed by atoms with Crippen molar-refractivity contribution in [3.63, 3.8) is 0 Å². The summed E-state index contributed by atoms with van der Waals surface area (Å²) < 4.78 is 0. The highest BCUT2D eigenvalue weighted by atomic mass is 16.7. The van der Waals surface area contributed by atoms with E-state index in [0.717, 1.165) is 12.5 Å². The van der Waals surface area contributed by atoms with Gasteiger partial charge < -0.3 is 15.9 Å². The second kappa shape index (κ2) is 24.8. The molecule has 36 heavy (non-hydrogen) atoms. The number of carboxylic acid groups (broad SMARTS) is 1. The lowest BCUT2D eigenvalue weighted by Gasteiger charge is -2.05. The van der Waals surface area contributed by atoms with Crippen LogP contribution in [-0.2, 0) is 14.4 Å². The van der Waals surface area contributed by atoms with Gasteiger partial charge in [-0.2, -0.15) is 5.48 Å². The Morgan fingerprint density at radius 1 is 0.833 bits per heavy atom. The van der Waals surface area contributed by atoms with Crippen molar-refractivity contribution in [1.29, 1.82) is 0 Å². The zero-order valence-electron chi connectivity index (χ0n) is 23.1. The van der Waals surface area contributed by atoms with E-state index in [4.69, 9.17) is 15.7 Å². The number of hydrogen-bond donors (Lipinski definition) is 4. The first-order valence-electron chi connectivity index (χ1n) is 14.4. The monoisotopic (exact) mass is 511 g/mol. The molecular formula is C29H55N2O5+. The van der Waals surface area contributed by atoms with E-state index >= 15 is 0 Å². The van der Waals surface area contributed by atoms with Gasteiger partial charge in [0.1, 0.15) is 18.3 Å². The highest BCUT2D eigenvalue weighted by molar-refractivity contribution is 5.81. The summed E-state index contributed by atoms with van der Waals surface area (Å²) >= 11 is 0. The Labute approximate surface area is 219 Å². The summed E-state index contributed by atoms with van der Waals surface area (Å²) in [6.07, 6.45) is 24.9. The first-order chi connectivity index (χ1) is 17.4. The van der Waals surface area contributed by atoms with Gasteiger partial charge in [0.2, 0.25) is 0 Å². The maximum Gasteiger partial charge on any atom is 0.393 e. The smallest absolute Gasteiger partial charge is 0.393 e. The second-order valence-electron chi connectivity index (χ2n) is 10.1. The van der Waals surface area contributed by atoms with Crippen LogP contribution in [0.5, 0.6) is 0 Å². The third-order valence-electron chi connectivity index (χ3n) is 6.46. The van der Waals surface area contributed by atoms with Crippen molar-refractivity contribution < 1.29 is 30.1 Å². The van der Waals surface area contributed by atoms with E-state index < -0.39 is 18.0 Å². The number of aliphatic hydroxyl groups excluding tert-OH is 1. The molecule has 0 aromatic carbocycles. The van der Waals surface area contributed by atoms with Crippen molar-refractivity contribution in [2.45, 2.75) is 142 Å². The van der Waals surface area contributed by atoms with Crippen LogP contribution in [0.1, 0.15) is 136 Å². The first kappa shape index (κ1) is 34.1. The maximum atomic E-state index is 11.7. The number of aliphatic carboxylic acids is 1. The van der Waals surface area contributed by atoms with E-state index in [1.165, 1.54) is 94.5 Å². The fourth-order valence-electron chi connectivity index (χ4n) is 4.09. The zero-order valence-corrected chi connectivity index (χ0v) is 23.1. The molecular weight excluding hydrogens is 456 g/mol. The number of carboxylic acids is 1. The molecule has 0 rings (SSSR count). The molecule has 0 aromatic rings. The van der Waals surface area contributed by atoms with E-state index in [2.05, 4.69) is 19.9 Å². The van der Waals surface area contributed by atoms with Crippen LogP contribution < -0.4 is 11.2 Å². The molecule has 1 atom stereocenters. The third-order valence-corrected chi connectivity index (χ3v) is 6.46. The molecule has 0 bridgehead atoms. The van der Waals surface area contributed by atoms with Gasteiger partial charge in [0.15, 0.2) is 0 Å². The van der Waals surface area contributed by atoms with Gasteiger partial charge in [-0.25, -0.2) is 4.79 Å². The van der Waals surface area contributed by atoms with Gasteiger partial charge in [-0.1, -0.05) is 95.6 Å². The van der Waals surface area contributed by atoms with Crippen LogP contribution in [0.2, 0.25) is 0 Å². The van der Waals surface area contributed by atoms with Crippen molar-refractivity contribution in [3.8, 4) is 0 Å².